The molecule has 3 heteroatoms. The lowest BCUT2D eigenvalue weighted by atomic mass is 10.2. The molecule has 0 atom stereocenters. The number of furan rings is 1. The number of halogens is 1. The Morgan fingerprint density at radius 1 is 1.38 bits per heavy atom. The van der Waals surface area contributed by atoms with Crippen molar-refractivity contribution in [2.45, 2.75) is 6.92 Å². The normalized spacial score (nSPS) is 10.7. The Balaban J connectivity index is 2.84. The van der Waals surface area contributed by atoms with Gasteiger partial charge >= 0.3 is 0 Å². The second-order valence-corrected chi connectivity index (χ2v) is 3.56. The fourth-order valence-corrected chi connectivity index (χ4v) is 1.72. The van der Waals surface area contributed by atoms with Crippen LogP contribution in [0.2, 0.25) is 0 Å². The number of benzene rings is 1. The third-order valence-electron chi connectivity index (χ3n) is 2.09. The third kappa shape index (κ3) is 1.23. The number of methoxy groups -OCH3 is 1. The maximum Gasteiger partial charge on any atom is 0.177 e. The molecule has 0 bridgehead atoms. The fourth-order valence-electron chi connectivity index (χ4n) is 1.35. The van der Waals surface area contributed by atoms with E-state index in [1.165, 1.54) is 0 Å². The first-order valence-electron chi connectivity index (χ1n) is 3.95. The number of fused-ring (bicyclic) bond motifs is 1. The maximum absolute atomic E-state index is 5.51. The standard InChI is InChI=1S/C10H9BrO2/c1-6-7-4-3-5-8(12-2)9(7)13-10(6)11/h3-5H,1-2H3. The topological polar surface area (TPSA) is 22.4 Å². The molecule has 2 aromatic rings. The monoisotopic (exact) mass is 240 g/mol. The van der Waals surface area contributed by atoms with Crippen molar-refractivity contribution in [2.24, 2.45) is 0 Å². The zero-order valence-corrected chi connectivity index (χ0v) is 9.01. The van der Waals surface area contributed by atoms with Crippen LogP contribution in [0.4, 0.5) is 0 Å². The molecule has 0 aliphatic heterocycles. The van der Waals surface area contributed by atoms with Crippen molar-refractivity contribution in [1.82, 2.24) is 0 Å². The molecule has 0 fully saturated rings. The minimum atomic E-state index is 0.770. The molecular weight excluding hydrogens is 232 g/mol. The summed E-state index contributed by atoms with van der Waals surface area (Å²) in [6, 6.07) is 5.86. The van der Waals surface area contributed by atoms with Crippen LogP contribution in [0.1, 0.15) is 5.56 Å². The molecule has 2 rings (SSSR count). The Labute approximate surface area is 84.6 Å². The largest absolute Gasteiger partial charge is 0.493 e. The summed E-state index contributed by atoms with van der Waals surface area (Å²) in [4.78, 5) is 0. The Kier molecular flexibility index (Phi) is 2.04. The molecule has 2 nitrogen and oxygen atoms in total. The van der Waals surface area contributed by atoms with Crippen molar-refractivity contribution in [3.05, 3.63) is 28.4 Å². The molecule has 0 N–H and O–H groups in total. The van der Waals surface area contributed by atoms with Gasteiger partial charge in [-0.1, -0.05) is 12.1 Å². The highest BCUT2D eigenvalue weighted by Gasteiger charge is 2.10. The summed E-state index contributed by atoms with van der Waals surface area (Å²) in [6.07, 6.45) is 0. The Morgan fingerprint density at radius 3 is 2.85 bits per heavy atom. The van der Waals surface area contributed by atoms with Gasteiger partial charge < -0.3 is 9.15 Å². The molecule has 1 heterocycles. The van der Waals surface area contributed by atoms with Gasteiger partial charge in [-0.2, -0.15) is 0 Å². The third-order valence-corrected chi connectivity index (χ3v) is 2.85. The zero-order valence-electron chi connectivity index (χ0n) is 7.43. The van der Waals surface area contributed by atoms with Gasteiger partial charge in [0.2, 0.25) is 0 Å². The summed E-state index contributed by atoms with van der Waals surface area (Å²) in [7, 11) is 1.64. The van der Waals surface area contributed by atoms with Crippen LogP contribution in [-0.2, 0) is 0 Å². The van der Waals surface area contributed by atoms with Gasteiger partial charge in [0.15, 0.2) is 16.0 Å². The molecule has 0 aliphatic rings. The first-order valence-corrected chi connectivity index (χ1v) is 4.75. The van der Waals surface area contributed by atoms with E-state index >= 15 is 0 Å². The van der Waals surface area contributed by atoms with E-state index in [0.717, 1.165) is 27.0 Å². The molecule has 0 saturated carbocycles. The molecule has 0 unspecified atom stereocenters. The lowest BCUT2D eigenvalue weighted by molar-refractivity contribution is 0.409. The average molecular weight is 241 g/mol. The van der Waals surface area contributed by atoms with Gasteiger partial charge in [-0.3, -0.25) is 0 Å². The van der Waals surface area contributed by atoms with Crippen molar-refractivity contribution in [3.8, 4) is 5.75 Å². The SMILES string of the molecule is COc1cccc2c(C)c(Br)oc12. The van der Waals surface area contributed by atoms with Gasteiger partial charge in [-0.15, -0.1) is 0 Å². The van der Waals surface area contributed by atoms with E-state index < -0.39 is 0 Å². The molecular formula is C10H9BrO2. The van der Waals surface area contributed by atoms with Gasteiger partial charge in [-0.25, -0.2) is 0 Å². The second kappa shape index (κ2) is 3.07. The summed E-state index contributed by atoms with van der Waals surface area (Å²) < 4.78 is 11.5. The van der Waals surface area contributed by atoms with Crippen molar-refractivity contribution in [3.63, 3.8) is 0 Å². The lowest BCUT2D eigenvalue weighted by Gasteiger charge is -1.98. The summed E-state index contributed by atoms with van der Waals surface area (Å²) in [6.45, 7) is 2.01. The highest BCUT2D eigenvalue weighted by atomic mass is 79.9. The van der Waals surface area contributed by atoms with Gasteiger partial charge in [0.1, 0.15) is 0 Å². The maximum atomic E-state index is 5.51. The van der Waals surface area contributed by atoms with Gasteiger partial charge in [-0.05, 0) is 28.9 Å². The van der Waals surface area contributed by atoms with Crippen LogP contribution in [0, 0.1) is 6.92 Å². The predicted molar refractivity (Wildman–Crippen MR) is 55.2 cm³/mol. The van der Waals surface area contributed by atoms with Crippen molar-refractivity contribution in [1.29, 1.82) is 0 Å². The van der Waals surface area contributed by atoms with Crippen LogP contribution in [0.15, 0.2) is 27.3 Å². The van der Waals surface area contributed by atoms with E-state index in [9.17, 15) is 0 Å². The van der Waals surface area contributed by atoms with Crippen LogP contribution >= 0.6 is 15.9 Å². The van der Waals surface area contributed by atoms with Crippen molar-refractivity contribution in [2.75, 3.05) is 7.11 Å². The van der Waals surface area contributed by atoms with E-state index in [0.29, 0.717) is 0 Å². The Hall–Kier alpha value is -0.960. The van der Waals surface area contributed by atoms with Crippen LogP contribution in [0.25, 0.3) is 11.0 Å². The van der Waals surface area contributed by atoms with Crippen LogP contribution in [-0.4, -0.2) is 7.11 Å². The van der Waals surface area contributed by atoms with E-state index in [1.54, 1.807) is 7.11 Å². The number of hydrogen-bond donors (Lipinski definition) is 0. The average Bonchev–Trinajstić information content (AvgIpc) is 2.43. The van der Waals surface area contributed by atoms with E-state index in [4.69, 9.17) is 9.15 Å². The highest BCUT2D eigenvalue weighted by molar-refractivity contribution is 9.10. The molecule has 68 valence electrons. The summed E-state index contributed by atoms with van der Waals surface area (Å²) in [5, 5.41) is 1.09. The van der Waals surface area contributed by atoms with Gasteiger partial charge in [0, 0.05) is 10.9 Å². The van der Waals surface area contributed by atoms with E-state index in [1.807, 2.05) is 25.1 Å². The van der Waals surface area contributed by atoms with E-state index in [-0.39, 0.29) is 0 Å². The quantitative estimate of drug-likeness (QED) is 0.762. The zero-order chi connectivity index (χ0) is 9.42. The predicted octanol–water partition coefficient (Wildman–Crippen LogP) is 3.51. The number of rotatable bonds is 1. The van der Waals surface area contributed by atoms with Crippen molar-refractivity contribution >= 4 is 26.9 Å². The Morgan fingerprint density at radius 2 is 2.15 bits per heavy atom. The first-order chi connectivity index (χ1) is 6.24. The second-order valence-electron chi connectivity index (χ2n) is 2.84. The number of ether oxygens (including phenoxy) is 1. The molecule has 13 heavy (non-hydrogen) atoms. The Bertz CT molecular complexity index is 445. The number of hydrogen-bond acceptors (Lipinski definition) is 2. The summed E-state index contributed by atoms with van der Waals surface area (Å²) in [5.74, 6) is 0.770. The minimum Gasteiger partial charge on any atom is -0.493 e. The van der Waals surface area contributed by atoms with Crippen molar-refractivity contribution < 1.29 is 9.15 Å². The molecule has 0 amide bonds. The molecule has 1 aromatic carbocycles. The fraction of sp³-hybridized carbons (Fsp3) is 0.200. The number of aryl methyl sites for hydroxylation is 1. The van der Waals surface area contributed by atoms with E-state index in [2.05, 4.69) is 15.9 Å². The summed E-state index contributed by atoms with van der Waals surface area (Å²) >= 11 is 3.35. The van der Waals surface area contributed by atoms with Crippen LogP contribution in [0.5, 0.6) is 5.75 Å². The summed E-state index contributed by atoms with van der Waals surface area (Å²) in [5.41, 5.74) is 1.91. The molecule has 1 aromatic heterocycles. The van der Waals surface area contributed by atoms with Crippen LogP contribution < -0.4 is 4.74 Å². The highest BCUT2D eigenvalue weighted by Crippen LogP contribution is 2.34. The minimum absolute atomic E-state index is 0.770. The van der Waals surface area contributed by atoms with Gasteiger partial charge in [0.05, 0.1) is 7.11 Å². The van der Waals surface area contributed by atoms with Crippen LogP contribution in [0.3, 0.4) is 0 Å². The smallest absolute Gasteiger partial charge is 0.177 e. The van der Waals surface area contributed by atoms with Gasteiger partial charge in [0.25, 0.3) is 0 Å². The lowest BCUT2D eigenvalue weighted by Crippen LogP contribution is -1.81. The molecule has 0 aliphatic carbocycles. The first kappa shape index (κ1) is 8.63. The molecule has 0 radical (unpaired) electrons. The molecule has 0 saturated heterocycles. The molecule has 0 spiro atoms. The number of para-hydroxylation sites is 1.